The average molecular weight is 490 g/mol. The second kappa shape index (κ2) is 8.72. The van der Waals surface area contributed by atoms with E-state index in [1.165, 1.54) is 0 Å². The summed E-state index contributed by atoms with van der Waals surface area (Å²) < 4.78 is 11.0. The van der Waals surface area contributed by atoms with Gasteiger partial charge in [0.25, 0.3) is 0 Å². The number of imidazole rings is 1. The van der Waals surface area contributed by atoms with E-state index in [2.05, 4.69) is 44.5 Å². The summed E-state index contributed by atoms with van der Waals surface area (Å²) in [7, 11) is 0. The maximum atomic E-state index is 5.58. The third-order valence-corrected chi connectivity index (χ3v) is 6.50. The minimum absolute atomic E-state index is 0.243. The van der Waals surface area contributed by atoms with E-state index in [-0.39, 0.29) is 6.79 Å². The molecule has 0 fully saturated rings. The summed E-state index contributed by atoms with van der Waals surface area (Å²) in [5.74, 6) is 2.15. The lowest BCUT2D eigenvalue weighted by atomic mass is 10.0. The minimum atomic E-state index is 0.243. The summed E-state index contributed by atoms with van der Waals surface area (Å²) in [5.41, 5.74) is 8.92. The zero-order chi connectivity index (χ0) is 24.8. The molecule has 0 unspecified atom stereocenters. The Bertz CT molecular complexity index is 1770. The molecule has 4 aromatic heterocycles. The number of aromatic amines is 2. The van der Waals surface area contributed by atoms with Gasteiger partial charge in [-0.3, -0.25) is 10.1 Å². The maximum absolute atomic E-state index is 5.58. The van der Waals surface area contributed by atoms with Crippen molar-refractivity contribution < 1.29 is 9.47 Å². The molecular weight excluding hydrogens is 466 g/mol. The molecule has 0 aliphatic carbocycles. The summed E-state index contributed by atoms with van der Waals surface area (Å²) >= 11 is 0. The van der Waals surface area contributed by atoms with Crippen molar-refractivity contribution >= 4 is 22.1 Å². The van der Waals surface area contributed by atoms with Crippen LogP contribution in [0.3, 0.4) is 0 Å². The van der Waals surface area contributed by atoms with Crippen LogP contribution in [0.2, 0.25) is 0 Å². The number of ether oxygens (including phenoxy) is 2. The van der Waals surface area contributed by atoms with Gasteiger partial charge >= 0.3 is 0 Å². The Morgan fingerprint density at radius 2 is 1.84 bits per heavy atom. The van der Waals surface area contributed by atoms with E-state index in [0.29, 0.717) is 11.5 Å². The second-order valence-corrected chi connectivity index (χ2v) is 8.88. The van der Waals surface area contributed by atoms with E-state index in [1.54, 1.807) is 0 Å². The monoisotopic (exact) mass is 489 g/mol. The molecule has 0 amide bonds. The van der Waals surface area contributed by atoms with E-state index in [9.17, 15) is 0 Å². The first-order chi connectivity index (χ1) is 18.3. The van der Waals surface area contributed by atoms with Crippen molar-refractivity contribution in [3.05, 3.63) is 72.6 Å². The highest BCUT2D eigenvalue weighted by atomic mass is 16.7. The van der Waals surface area contributed by atoms with Gasteiger partial charge in [0.05, 0.1) is 22.2 Å². The molecule has 0 saturated heterocycles. The van der Waals surface area contributed by atoms with Crippen LogP contribution in [0.25, 0.3) is 56.0 Å². The molecule has 182 valence electrons. The standard InChI is InChI=1S/C28H23N7O2/c1-2-29-12-16-10-18(14-30-13-16)20-7-8-22-26(31-20)27(35-34-22)28-32-21-5-3-4-19(25(21)33-28)17-6-9-23-24(11-17)37-15-36-23/h3-11,13-14,29H,2,12,15H2,1H3,(H,32,33)(H,34,35). The van der Waals surface area contributed by atoms with Crippen molar-refractivity contribution in [2.24, 2.45) is 0 Å². The van der Waals surface area contributed by atoms with Crippen molar-refractivity contribution in [2.75, 3.05) is 13.3 Å². The Morgan fingerprint density at radius 1 is 0.892 bits per heavy atom. The van der Waals surface area contributed by atoms with Gasteiger partial charge in [0, 0.05) is 30.1 Å². The SMILES string of the molecule is CCNCc1cncc(-c2ccc3[nH]nc(-c4nc5c(-c6ccc7c(c6)OCO7)cccc5[nH]4)c3n2)c1. The highest BCUT2D eigenvalue weighted by Crippen LogP contribution is 2.38. The topological polar surface area (TPSA) is 114 Å². The summed E-state index contributed by atoms with van der Waals surface area (Å²) in [6.07, 6.45) is 3.71. The Hall–Kier alpha value is -4.76. The summed E-state index contributed by atoms with van der Waals surface area (Å²) in [6.45, 7) is 4.00. The minimum Gasteiger partial charge on any atom is -0.454 e. The molecule has 9 nitrogen and oxygen atoms in total. The number of para-hydroxylation sites is 1. The predicted octanol–water partition coefficient (Wildman–Crippen LogP) is 5.07. The van der Waals surface area contributed by atoms with E-state index in [1.807, 2.05) is 54.9 Å². The van der Waals surface area contributed by atoms with Crippen LogP contribution in [0.1, 0.15) is 12.5 Å². The molecule has 0 bridgehead atoms. The molecule has 0 saturated carbocycles. The molecule has 9 heteroatoms. The lowest BCUT2D eigenvalue weighted by molar-refractivity contribution is 0.174. The fourth-order valence-electron chi connectivity index (χ4n) is 4.66. The lowest BCUT2D eigenvalue weighted by Gasteiger charge is -2.05. The van der Waals surface area contributed by atoms with Gasteiger partial charge in [0.2, 0.25) is 6.79 Å². The van der Waals surface area contributed by atoms with Crippen molar-refractivity contribution in [2.45, 2.75) is 13.5 Å². The summed E-state index contributed by atoms with van der Waals surface area (Å²) in [4.78, 5) is 17.7. The first kappa shape index (κ1) is 21.5. The average Bonchev–Trinajstić information content (AvgIpc) is 3.68. The summed E-state index contributed by atoms with van der Waals surface area (Å²) in [6, 6.07) is 18.1. The number of hydrogen-bond donors (Lipinski definition) is 3. The molecule has 0 atom stereocenters. The van der Waals surface area contributed by atoms with Crippen LogP contribution in [-0.4, -0.2) is 43.5 Å². The van der Waals surface area contributed by atoms with Gasteiger partial charge in [0.1, 0.15) is 5.52 Å². The smallest absolute Gasteiger partial charge is 0.231 e. The first-order valence-electron chi connectivity index (χ1n) is 12.2. The molecule has 0 spiro atoms. The zero-order valence-electron chi connectivity index (χ0n) is 20.1. The molecule has 1 aliphatic rings. The van der Waals surface area contributed by atoms with E-state index in [4.69, 9.17) is 19.4 Å². The number of H-pyrrole nitrogens is 2. The van der Waals surface area contributed by atoms with Gasteiger partial charge in [-0.25, -0.2) is 9.97 Å². The van der Waals surface area contributed by atoms with Crippen LogP contribution in [0.15, 0.2) is 67.0 Å². The largest absolute Gasteiger partial charge is 0.454 e. The van der Waals surface area contributed by atoms with Gasteiger partial charge in [-0.05, 0) is 54.1 Å². The van der Waals surface area contributed by atoms with Crippen LogP contribution < -0.4 is 14.8 Å². The zero-order valence-corrected chi connectivity index (χ0v) is 20.1. The maximum Gasteiger partial charge on any atom is 0.231 e. The quantitative estimate of drug-likeness (QED) is 0.299. The van der Waals surface area contributed by atoms with Gasteiger partial charge in [-0.2, -0.15) is 5.10 Å². The van der Waals surface area contributed by atoms with Crippen LogP contribution >= 0.6 is 0 Å². The number of hydrogen-bond acceptors (Lipinski definition) is 7. The van der Waals surface area contributed by atoms with Crippen molar-refractivity contribution in [1.29, 1.82) is 0 Å². The number of fused-ring (bicyclic) bond motifs is 3. The molecule has 7 rings (SSSR count). The first-order valence-corrected chi connectivity index (χ1v) is 12.2. The van der Waals surface area contributed by atoms with E-state index in [0.717, 1.165) is 74.6 Å². The number of aromatic nitrogens is 6. The van der Waals surface area contributed by atoms with Gasteiger partial charge in [-0.1, -0.05) is 25.1 Å². The van der Waals surface area contributed by atoms with Crippen molar-refractivity contribution in [1.82, 2.24) is 35.5 Å². The Kier molecular flexibility index (Phi) is 5.07. The molecular formula is C28H23N7O2. The van der Waals surface area contributed by atoms with Gasteiger partial charge in [0.15, 0.2) is 23.0 Å². The number of nitrogens with one attached hydrogen (secondary N) is 3. The number of benzene rings is 2. The predicted molar refractivity (Wildman–Crippen MR) is 141 cm³/mol. The third kappa shape index (κ3) is 3.76. The van der Waals surface area contributed by atoms with E-state index >= 15 is 0 Å². The lowest BCUT2D eigenvalue weighted by Crippen LogP contribution is -2.11. The van der Waals surface area contributed by atoms with Gasteiger partial charge < -0.3 is 19.8 Å². The molecule has 3 N–H and O–H groups in total. The van der Waals surface area contributed by atoms with Crippen LogP contribution in [0.4, 0.5) is 0 Å². The highest BCUT2D eigenvalue weighted by molar-refractivity contribution is 5.96. The number of rotatable bonds is 6. The molecule has 1 aliphatic heterocycles. The fourth-order valence-corrected chi connectivity index (χ4v) is 4.66. The van der Waals surface area contributed by atoms with Gasteiger partial charge in [-0.15, -0.1) is 0 Å². The van der Waals surface area contributed by atoms with Crippen molar-refractivity contribution in [3.8, 4) is 45.4 Å². The molecule has 6 aromatic rings. The molecule has 5 heterocycles. The third-order valence-electron chi connectivity index (χ3n) is 6.50. The van der Waals surface area contributed by atoms with Crippen LogP contribution in [0, 0.1) is 0 Å². The molecule has 37 heavy (non-hydrogen) atoms. The van der Waals surface area contributed by atoms with Crippen molar-refractivity contribution in [3.63, 3.8) is 0 Å². The second-order valence-electron chi connectivity index (χ2n) is 8.88. The van der Waals surface area contributed by atoms with Crippen LogP contribution in [0.5, 0.6) is 11.5 Å². The molecule has 0 radical (unpaired) electrons. The van der Waals surface area contributed by atoms with E-state index < -0.39 is 0 Å². The Morgan fingerprint density at radius 3 is 2.78 bits per heavy atom. The highest BCUT2D eigenvalue weighted by Gasteiger charge is 2.19. The Labute approximate surface area is 211 Å². The molecule has 2 aromatic carbocycles. The normalized spacial score (nSPS) is 12.6. The fraction of sp³-hybridized carbons (Fsp3) is 0.143. The Balaban J connectivity index is 1.30. The number of pyridine rings is 2. The summed E-state index contributed by atoms with van der Waals surface area (Å²) in [5, 5.41) is 11.0. The van der Waals surface area contributed by atoms with Crippen LogP contribution in [-0.2, 0) is 6.54 Å². The number of nitrogens with zero attached hydrogens (tertiary/aromatic N) is 4.